The van der Waals surface area contributed by atoms with E-state index in [0.29, 0.717) is 37.1 Å². The van der Waals surface area contributed by atoms with Gasteiger partial charge in [-0.05, 0) is 38.0 Å². The van der Waals surface area contributed by atoms with Crippen molar-refractivity contribution >= 4 is 5.91 Å². The third-order valence-corrected chi connectivity index (χ3v) is 4.58. The summed E-state index contributed by atoms with van der Waals surface area (Å²) in [6.07, 6.45) is 5.88. The molecule has 0 spiro atoms. The van der Waals surface area contributed by atoms with E-state index in [1.54, 1.807) is 7.11 Å². The molecule has 0 saturated carbocycles. The molecule has 0 radical (unpaired) electrons. The van der Waals surface area contributed by atoms with Crippen molar-refractivity contribution in [2.45, 2.75) is 25.8 Å². The number of piperidine rings is 1. The van der Waals surface area contributed by atoms with Crippen molar-refractivity contribution in [3.05, 3.63) is 48.0 Å². The number of ether oxygens (including phenoxy) is 2. The van der Waals surface area contributed by atoms with Crippen molar-refractivity contribution in [1.29, 1.82) is 0 Å². The highest BCUT2D eigenvalue weighted by atomic mass is 16.5. The molecule has 1 aromatic heterocycles. The standard InChI is InChI=1S/C19H25N3O3/c1-15-20-8-10-22(15)17-6-4-9-21(14-17)19(23)16-5-3-7-18(13-16)25-12-11-24-2/h3,5,7-8,10,13,17H,4,6,9,11-12,14H2,1-2H3/t17-/m0/s1. The molecule has 1 aromatic carbocycles. The highest BCUT2D eigenvalue weighted by Crippen LogP contribution is 2.24. The second kappa shape index (κ2) is 8.16. The molecule has 1 saturated heterocycles. The van der Waals surface area contributed by atoms with Gasteiger partial charge in [0.05, 0.1) is 12.6 Å². The number of amides is 1. The van der Waals surface area contributed by atoms with E-state index >= 15 is 0 Å². The van der Waals surface area contributed by atoms with Gasteiger partial charge in [0.1, 0.15) is 18.2 Å². The van der Waals surface area contributed by atoms with Crippen LogP contribution in [0.5, 0.6) is 5.75 Å². The van der Waals surface area contributed by atoms with Crippen LogP contribution in [0.15, 0.2) is 36.7 Å². The van der Waals surface area contributed by atoms with E-state index in [9.17, 15) is 4.79 Å². The van der Waals surface area contributed by atoms with Crippen LogP contribution in [0.25, 0.3) is 0 Å². The average Bonchev–Trinajstić information content (AvgIpc) is 3.08. The van der Waals surface area contributed by atoms with Crippen LogP contribution in [-0.2, 0) is 4.74 Å². The van der Waals surface area contributed by atoms with Crippen LogP contribution in [0.2, 0.25) is 0 Å². The van der Waals surface area contributed by atoms with E-state index in [1.807, 2.05) is 48.5 Å². The van der Waals surface area contributed by atoms with Gasteiger partial charge in [0.25, 0.3) is 5.91 Å². The van der Waals surface area contributed by atoms with Gasteiger partial charge in [-0.15, -0.1) is 0 Å². The van der Waals surface area contributed by atoms with Gasteiger partial charge in [-0.2, -0.15) is 0 Å². The Morgan fingerprint density at radius 2 is 2.24 bits per heavy atom. The van der Waals surface area contributed by atoms with Crippen LogP contribution in [-0.4, -0.2) is 53.8 Å². The highest BCUT2D eigenvalue weighted by Gasteiger charge is 2.26. The third kappa shape index (κ3) is 4.20. The van der Waals surface area contributed by atoms with Gasteiger partial charge in [0.15, 0.2) is 0 Å². The number of rotatable bonds is 6. The Bertz CT molecular complexity index is 713. The van der Waals surface area contributed by atoms with Crippen molar-refractivity contribution in [3.8, 4) is 5.75 Å². The first kappa shape index (κ1) is 17.5. The predicted octanol–water partition coefficient (Wildman–Crippen LogP) is 2.69. The van der Waals surface area contributed by atoms with Gasteiger partial charge >= 0.3 is 0 Å². The first-order chi connectivity index (χ1) is 12.2. The predicted molar refractivity (Wildman–Crippen MR) is 95.0 cm³/mol. The summed E-state index contributed by atoms with van der Waals surface area (Å²) in [5.74, 6) is 1.74. The number of aromatic nitrogens is 2. The first-order valence-electron chi connectivity index (χ1n) is 8.69. The lowest BCUT2D eigenvalue weighted by atomic mass is 10.0. The Hall–Kier alpha value is -2.34. The highest BCUT2D eigenvalue weighted by molar-refractivity contribution is 5.94. The number of likely N-dealkylation sites (tertiary alicyclic amines) is 1. The van der Waals surface area contributed by atoms with E-state index in [0.717, 1.165) is 25.2 Å². The fraction of sp³-hybridized carbons (Fsp3) is 0.474. The van der Waals surface area contributed by atoms with Gasteiger partial charge in [-0.25, -0.2) is 4.98 Å². The van der Waals surface area contributed by atoms with Crippen LogP contribution < -0.4 is 4.74 Å². The van der Waals surface area contributed by atoms with Crippen LogP contribution >= 0.6 is 0 Å². The lowest BCUT2D eigenvalue weighted by molar-refractivity contribution is 0.0677. The fourth-order valence-electron chi connectivity index (χ4n) is 3.28. The summed E-state index contributed by atoms with van der Waals surface area (Å²) in [4.78, 5) is 19.1. The van der Waals surface area contributed by atoms with Crippen molar-refractivity contribution in [3.63, 3.8) is 0 Å². The molecule has 1 fully saturated rings. The number of hydrogen-bond donors (Lipinski definition) is 0. The lowest BCUT2D eigenvalue weighted by Crippen LogP contribution is -2.40. The largest absolute Gasteiger partial charge is 0.491 e. The van der Waals surface area contributed by atoms with Gasteiger partial charge < -0.3 is 18.9 Å². The van der Waals surface area contributed by atoms with E-state index in [-0.39, 0.29) is 5.91 Å². The lowest BCUT2D eigenvalue weighted by Gasteiger charge is -2.34. The molecule has 1 aliphatic heterocycles. The number of nitrogens with zero attached hydrogens (tertiary/aromatic N) is 3. The van der Waals surface area contributed by atoms with E-state index < -0.39 is 0 Å². The molecule has 6 nitrogen and oxygen atoms in total. The van der Waals surface area contributed by atoms with Crippen molar-refractivity contribution in [2.75, 3.05) is 33.4 Å². The van der Waals surface area contributed by atoms with E-state index in [1.165, 1.54) is 0 Å². The number of carbonyl (C=O) groups excluding carboxylic acids is 1. The maximum Gasteiger partial charge on any atom is 0.254 e. The summed E-state index contributed by atoms with van der Waals surface area (Å²) in [5.41, 5.74) is 0.665. The molecule has 6 heteroatoms. The van der Waals surface area contributed by atoms with Gasteiger partial charge in [-0.3, -0.25) is 4.79 Å². The molecule has 1 aliphatic rings. The van der Waals surface area contributed by atoms with E-state index in [4.69, 9.17) is 9.47 Å². The van der Waals surface area contributed by atoms with Gasteiger partial charge in [0.2, 0.25) is 0 Å². The minimum absolute atomic E-state index is 0.0552. The van der Waals surface area contributed by atoms with Crippen molar-refractivity contribution in [2.24, 2.45) is 0 Å². The van der Waals surface area contributed by atoms with Crippen molar-refractivity contribution in [1.82, 2.24) is 14.5 Å². The summed E-state index contributed by atoms with van der Waals surface area (Å²) in [6.45, 7) is 4.50. The van der Waals surface area contributed by atoms with Crippen LogP contribution in [0.3, 0.4) is 0 Å². The minimum Gasteiger partial charge on any atom is -0.491 e. The second-order valence-electron chi connectivity index (χ2n) is 6.30. The topological polar surface area (TPSA) is 56.6 Å². The van der Waals surface area contributed by atoms with Gasteiger partial charge in [-0.1, -0.05) is 6.07 Å². The molecular formula is C19H25N3O3. The summed E-state index contributed by atoms with van der Waals surface area (Å²) in [5, 5.41) is 0. The SMILES string of the molecule is COCCOc1cccc(C(=O)N2CCC[C@H](n3ccnc3C)C2)c1. The maximum absolute atomic E-state index is 12.9. The minimum atomic E-state index is 0.0552. The average molecular weight is 343 g/mol. The molecule has 0 bridgehead atoms. The third-order valence-electron chi connectivity index (χ3n) is 4.58. The van der Waals surface area contributed by atoms with Gasteiger partial charge in [0, 0.05) is 38.2 Å². The van der Waals surface area contributed by atoms with Crippen LogP contribution in [0.4, 0.5) is 0 Å². The first-order valence-corrected chi connectivity index (χ1v) is 8.69. The van der Waals surface area contributed by atoms with Crippen LogP contribution in [0.1, 0.15) is 35.1 Å². The number of imidazole rings is 1. The molecular weight excluding hydrogens is 318 g/mol. The number of carbonyl (C=O) groups is 1. The Balaban J connectivity index is 1.68. The molecule has 2 heterocycles. The molecule has 2 aromatic rings. The zero-order chi connectivity index (χ0) is 17.6. The number of hydrogen-bond acceptors (Lipinski definition) is 4. The summed E-state index contributed by atoms with van der Waals surface area (Å²) < 4.78 is 12.8. The molecule has 3 rings (SSSR count). The van der Waals surface area contributed by atoms with Crippen LogP contribution in [0, 0.1) is 6.92 Å². The molecule has 134 valence electrons. The Kier molecular flexibility index (Phi) is 5.71. The maximum atomic E-state index is 12.9. The zero-order valence-electron chi connectivity index (χ0n) is 14.9. The number of aryl methyl sites for hydroxylation is 1. The summed E-state index contributed by atoms with van der Waals surface area (Å²) in [6, 6.07) is 7.67. The smallest absolute Gasteiger partial charge is 0.254 e. The van der Waals surface area contributed by atoms with Crippen molar-refractivity contribution < 1.29 is 14.3 Å². The quantitative estimate of drug-likeness (QED) is 0.757. The monoisotopic (exact) mass is 343 g/mol. The normalized spacial score (nSPS) is 17.5. The molecule has 0 aliphatic carbocycles. The Morgan fingerprint density at radius 3 is 3.00 bits per heavy atom. The fourth-order valence-corrected chi connectivity index (χ4v) is 3.28. The number of methoxy groups -OCH3 is 1. The molecule has 1 atom stereocenters. The zero-order valence-corrected chi connectivity index (χ0v) is 14.9. The molecule has 0 unspecified atom stereocenters. The second-order valence-corrected chi connectivity index (χ2v) is 6.30. The van der Waals surface area contributed by atoms with E-state index in [2.05, 4.69) is 9.55 Å². The molecule has 0 N–H and O–H groups in total. The summed E-state index contributed by atoms with van der Waals surface area (Å²) in [7, 11) is 1.64. The Labute approximate surface area is 148 Å². The Morgan fingerprint density at radius 1 is 1.36 bits per heavy atom. The summed E-state index contributed by atoms with van der Waals surface area (Å²) >= 11 is 0. The molecule has 25 heavy (non-hydrogen) atoms. The number of benzene rings is 1. The molecule has 1 amide bonds.